The molecule has 0 spiro atoms. The summed E-state index contributed by atoms with van der Waals surface area (Å²) in [5, 5.41) is 9.97. The largest absolute Gasteiger partial charge is 0.421 e. The molecule has 2 aromatic rings. The summed E-state index contributed by atoms with van der Waals surface area (Å²) in [4.78, 5) is 21.9. The summed E-state index contributed by atoms with van der Waals surface area (Å²) < 4.78 is 40.9. The van der Waals surface area contributed by atoms with Gasteiger partial charge in [-0.05, 0) is 32.6 Å². The third-order valence-electron chi connectivity index (χ3n) is 5.57. The molecule has 1 saturated carbocycles. The van der Waals surface area contributed by atoms with Gasteiger partial charge in [-0.2, -0.15) is 23.3 Å². The zero-order chi connectivity index (χ0) is 21.5. The molecule has 2 N–H and O–H groups in total. The van der Waals surface area contributed by atoms with E-state index in [2.05, 4.69) is 25.7 Å². The van der Waals surface area contributed by atoms with Crippen LogP contribution in [0.1, 0.15) is 43.0 Å². The Labute approximate surface area is 171 Å². The molecule has 0 unspecified atom stereocenters. The van der Waals surface area contributed by atoms with Gasteiger partial charge in [-0.1, -0.05) is 0 Å². The van der Waals surface area contributed by atoms with Gasteiger partial charge in [0.05, 0.1) is 17.4 Å². The topological polar surface area (TPSA) is 88.0 Å². The molecule has 2 fully saturated rings. The average Bonchev–Trinajstić information content (AvgIpc) is 3.51. The van der Waals surface area contributed by atoms with Crippen molar-refractivity contribution in [2.45, 2.75) is 44.8 Å². The molecule has 3 heterocycles. The molecule has 8 nitrogen and oxygen atoms in total. The van der Waals surface area contributed by atoms with Crippen molar-refractivity contribution in [1.29, 1.82) is 0 Å². The Morgan fingerprint density at radius 3 is 2.50 bits per heavy atom. The van der Waals surface area contributed by atoms with E-state index in [0.29, 0.717) is 11.4 Å². The molecule has 162 valence electrons. The number of aryl methyl sites for hydroxylation is 1. The zero-order valence-electron chi connectivity index (χ0n) is 16.8. The van der Waals surface area contributed by atoms with Gasteiger partial charge in [0.1, 0.15) is 11.4 Å². The lowest BCUT2D eigenvalue weighted by Crippen LogP contribution is -2.39. The van der Waals surface area contributed by atoms with Crippen LogP contribution in [0.4, 0.5) is 30.6 Å². The van der Waals surface area contributed by atoms with Gasteiger partial charge in [0, 0.05) is 38.4 Å². The maximum absolute atomic E-state index is 13.0. The fourth-order valence-corrected chi connectivity index (χ4v) is 3.69. The van der Waals surface area contributed by atoms with Crippen molar-refractivity contribution in [2.75, 3.05) is 30.8 Å². The number of hydrogen-bond acceptors (Lipinski definition) is 6. The van der Waals surface area contributed by atoms with Crippen LogP contribution in [-0.2, 0) is 11.0 Å². The van der Waals surface area contributed by atoms with E-state index in [-0.39, 0.29) is 29.6 Å². The molecule has 0 aromatic carbocycles. The standard InChI is InChI=1S/C19H24F3N7O/c1-11-15(25-18-24-9-14(19(20,21)22)16(23-2)26-18)10-29(27-11)13-5-7-28(8-6-13)17(30)12-3-4-12/h9-10,12-13H,3-8H2,1-2H3,(H2,23,24,25,26). The van der Waals surface area contributed by atoms with Crippen LogP contribution in [0.5, 0.6) is 0 Å². The van der Waals surface area contributed by atoms with Gasteiger partial charge >= 0.3 is 6.18 Å². The maximum Gasteiger partial charge on any atom is 0.421 e. The molecule has 0 radical (unpaired) electrons. The van der Waals surface area contributed by atoms with Crippen molar-refractivity contribution in [1.82, 2.24) is 24.6 Å². The number of carbonyl (C=O) groups excluding carboxylic acids is 1. The van der Waals surface area contributed by atoms with E-state index in [1.54, 1.807) is 0 Å². The predicted octanol–water partition coefficient (Wildman–Crippen LogP) is 3.36. The summed E-state index contributed by atoms with van der Waals surface area (Å²) in [6.45, 7) is 3.25. The van der Waals surface area contributed by atoms with Crippen LogP contribution in [0.3, 0.4) is 0 Å². The van der Waals surface area contributed by atoms with Crippen molar-refractivity contribution in [3.05, 3.63) is 23.7 Å². The quantitative estimate of drug-likeness (QED) is 0.767. The highest BCUT2D eigenvalue weighted by molar-refractivity contribution is 5.81. The van der Waals surface area contributed by atoms with Gasteiger partial charge in [-0.3, -0.25) is 9.48 Å². The van der Waals surface area contributed by atoms with Gasteiger partial charge in [0.25, 0.3) is 0 Å². The number of aromatic nitrogens is 4. The van der Waals surface area contributed by atoms with Crippen molar-refractivity contribution in [3.63, 3.8) is 0 Å². The number of hydrogen-bond donors (Lipinski definition) is 2. The summed E-state index contributed by atoms with van der Waals surface area (Å²) >= 11 is 0. The van der Waals surface area contributed by atoms with Crippen molar-refractivity contribution in [2.24, 2.45) is 5.92 Å². The maximum atomic E-state index is 13.0. The molecule has 11 heteroatoms. The first-order valence-electron chi connectivity index (χ1n) is 10.00. The van der Waals surface area contributed by atoms with E-state index in [4.69, 9.17) is 0 Å². The van der Waals surface area contributed by atoms with Crippen molar-refractivity contribution < 1.29 is 18.0 Å². The number of anilines is 3. The van der Waals surface area contributed by atoms with Gasteiger partial charge in [-0.25, -0.2) is 4.98 Å². The van der Waals surface area contributed by atoms with E-state index < -0.39 is 11.7 Å². The number of nitrogens with one attached hydrogen (secondary N) is 2. The summed E-state index contributed by atoms with van der Waals surface area (Å²) in [6.07, 6.45) is 1.69. The third kappa shape index (κ3) is 4.19. The molecular weight excluding hydrogens is 399 g/mol. The molecule has 2 aromatic heterocycles. The number of likely N-dealkylation sites (tertiary alicyclic amines) is 1. The molecule has 1 aliphatic carbocycles. The van der Waals surface area contributed by atoms with E-state index in [1.807, 2.05) is 22.7 Å². The molecule has 0 bridgehead atoms. The van der Waals surface area contributed by atoms with Gasteiger partial charge in [0.15, 0.2) is 0 Å². The van der Waals surface area contributed by atoms with E-state index >= 15 is 0 Å². The lowest BCUT2D eigenvalue weighted by atomic mass is 10.0. The predicted molar refractivity (Wildman–Crippen MR) is 104 cm³/mol. The Balaban J connectivity index is 1.44. The Morgan fingerprint density at radius 2 is 1.90 bits per heavy atom. The van der Waals surface area contributed by atoms with Crippen LogP contribution in [0, 0.1) is 12.8 Å². The van der Waals surface area contributed by atoms with Gasteiger partial charge < -0.3 is 15.5 Å². The SMILES string of the molecule is CNc1nc(Nc2cn(C3CCN(C(=O)C4CC4)CC3)nc2C)ncc1C(F)(F)F. The number of nitrogens with zero attached hydrogens (tertiary/aromatic N) is 5. The lowest BCUT2D eigenvalue weighted by molar-refractivity contribution is -0.137. The zero-order valence-corrected chi connectivity index (χ0v) is 16.8. The van der Waals surface area contributed by atoms with Crippen molar-refractivity contribution in [3.8, 4) is 0 Å². The monoisotopic (exact) mass is 423 g/mol. The van der Waals surface area contributed by atoms with Gasteiger partial charge in [0.2, 0.25) is 11.9 Å². The summed E-state index contributed by atoms with van der Waals surface area (Å²) in [5.41, 5.74) is 0.407. The summed E-state index contributed by atoms with van der Waals surface area (Å²) in [7, 11) is 1.38. The Kier molecular flexibility index (Phi) is 5.29. The number of piperidine rings is 1. The minimum atomic E-state index is -4.53. The van der Waals surface area contributed by atoms with E-state index in [0.717, 1.165) is 45.0 Å². The highest BCUT2D eigenvalue weighted by atomic mass is 19.4. The molecular formula is C19H24F3N7O. The fourth-order valence-electron chi connectivity index (χ4n) is 3.69. The van der Waals surface area contributed by atoms with E-state index in [1.165, 1.54) is 7.05 Å². The van der Waals surface area contributed by atoms with Gasteiger partial charge in [-0.15, -0.1) is 0 Å². The second kappa shape index (κ2) is 7.77. The molecule has 4 rings (SSSR count). The number of halogens is 3. The number of alkyl halides is 3. The molecule has 1 amide bonds. The second-order valence-electron chi connectivity index (χ2n) is 7.77. The Morgan fingerprint density at radius 1 is 1.20 bits per heavy atom. The second-order valence-corrected chi connectivity index (χ2v) is 7.77. The molecule has 1 aliphatic heterocycles. The van der Waals surface area contributed by atoms with E-state index in [9.17, 15) is 18.0 Å². The molecule has 30 heavy (non-hydrogen) atoms. The molecule has 0 atom stereocenters. The third-order valence-corrected chi connectivity index (χ3v) is 5.57. The van der Waals surface area contributed by atoms with Crippen LogP contribution in [0.2, 0.25) is 0 Å². The first-order chi connectivity index (χ1) is 14.3. The van der Waals surface area contributed by atoms with Crippen LogP contribution in [0.15, 0.2) is 12.4 Å². The van der Waals surface area contributed by atoms with Crippen LogP contribution < -0.4 is 10.6 Å². The number of rotatable bonds is 5. The summed E-state index contributed by atoms with van der Waals surface area (Å²) in [5.74, 6) is 0.264. The average molecular weight is 423 g/mol. The molecule has 2 aliphatic rings. The first-order valence-corrected chi connectivity index (χ1v) is 10.00. The molecule has 1 saturated heterocycles. The van der Waals surface area contributed by atoms with Crippen molar-refractivity contribution >= 4 is 23.4 Å². The highest BCUT2D eigenvalue weighted by Gasteiger charge is 2.36. The van der Waals surface area contributed by atoms with Crippen LogP contribution >= 0.6 is 0 Å². The fraction of sp³-hybridized carbons (Fsp3) is 0.579. The minimum absolute atomic E-state index is 0.0554. The lowest BCUT2D eigenvalue weighted by Gasteiger charge is -2.32. The summed E-state index contributed by atoms with van der Waals surface area (Å²) in [6, 6.07) is 0.170. The normalized spacial score (nSPS) is 17.8. The number of amides is 1. The Hall–Kier alpha value is -2.85. The first kappa shape index (κ1) is 20.4. The minimum Gasteiger partial charge on any atom is -0.372 e. The number of carbonyl (C=O) groups is 1. The van der Waals surface area contributed by atoms with Crippen LogP contribution in [-0.4, -0.2) is 50.7 Å². The Bertz CT molecular complexity index is 931. The van der Waals surface area contributed by atoms with Crippen LogP contribution in [0.25, 0.3) is 0 Å². The highest BCUT2D eigenvalue weighted by Crippen LogP contribution is 2.35. The smallest absolute Gasteiger partial charge is 0.372 e.